The Labute approximate surface area is 86.4 Å². The molecule has 0 radical (unpaired) electrons. The maximum atomic E-state index is 11.2. The summed E-state index contributed by atoms with van der Waals surface area (Å²) in [6.07, 6.45) is 3.25. The summed E-state index contributed by atoms with van der Waals surface area (Å²) < 4.78 is 5.07. The van der Waals surface area contributed by atoms with E-state index in [0.717, 1.165) is 12.2 Å². The van der Waals surface area contributed by atoms with Crippen molar-refractivity contribution in [2.24, 2.45) is 0 Å². The predicted molar refractivity (Wildman–Crippen MR) is 52.0 cm³/mol. The smallest absolute Gasteiger partial charge is 0.328 e. The monoisotopic (exact) mass is 209 g/mol. The molecule has 15 heavy (non-hydrogen) atoms. The number of nitrogens with one attached hydrogen (secondary N) is 1. The van der Waals surface area contributed by atoms with Crippen molar-refractivity contribution in [1.29, 1.82) is 0 Å². The molecule has 0 aliphatic rings. The van der Waals surface area contributed by atoms with Gasteiger partial charge in [0.1, 0.15) is 5.76 Å². The van der Waals surface area contributed by atoms with Crippen LogP contribution < -0.4 is 5.32 Å². The molecule has 0 fully saturated rings. The third kappa shape index (κ3) is 3.68. The van der Waals surface area contributed by atoms with Gasteiger partial charge in [0.15, 0.2) is 0 Å². The van der Waals surface area contributed by atoms with E-state index in [1.807, 2.05) is 0 Å². The van der Waals surface area contributed by atoms with E-state index >= 15 is 0 Å². The Morgan fingerprint density at radius 2 is 2.27 bits per heavy atom. The Balaban J connectivity index is 2.49. The number of carbonyl (C=O) groups excluding carboxylic acids is 1. The topological polar surface area (TPSA) is 79.5 Å². The van der Waals surface area contributed by atoms with Gasteiger partial charge >= 0.3 is 5.97 Å². The second-order valence-corrected chi connectivity index (χ2v) is 2.92. The molecule has 1 atom stereocenters. The standard InChI is InChI=1S/C10H11NO4/c1-7(8-3-2-6-15-8)11-9(12)4-5-10(13)14/h2-7H,1H3,(H,11,12)(H,13,14)/b5-4+/t7-/m0/s1. The highest BCUT2D eigenvalue weighted by atomic mass is 16.4. The number of amides is 1. The molecule has 0 saturated heterocycles. The van der Waals surface area contributed by atoms with Crippen LogP contribution in [0, 0.1) is 0 Å². The molecule has 0 bridgehead atoms. The normalized spacial score (nSPS) is 12.6. The van der Waals surface area contributed by atoms with E-state index in [1.54, 1.807) is 19.1 Å². The van der Waals surface area contributed by atoms with Gasteiger partial charge in [-0.1, -0.05) is 0 Å². The van der Waals surface area contributed by atoms with E-state index in [9.17, 15) is 9.59 Å². The molecule has 5 heteroatoms. The van der Waals surface area contributed by atoms with Crippen LogP contribution in [0.3, 0.4) is 0 Å². The second-order valence-electron chi connectivity index (χ2n) is 2.92. The molecule has 2 N–H and O–H groups in total. The second kappa shape index (κ2) is 4.99. The maximum absolute atomic E-state index is 11.2. The first kappa shape index (κ1) is 11.0. The lowest BCUT2D eigenvalue weighted by Gasteiger charge is -2.08. The first-order valence-electron chi connectivity index (χ1n) is 4.34. The summed E-state index contributed by atoms with van der Waals surface area (Å²) in [7, 11) is 0. The van der Waals surface area contributed by atoms with Gasteiger partial charge < -0.3 is 14.8 Å². The van der Waals surface area contributed by atoms with Gasteiger partial charge in [0.25, 0.3) is 0 Å². The summed E-state index contributed by atoms with van der Waals surface area (Å²) >= 11 is 0. The fraction of sp³-hybridized carbons (Fsp3) is 0.200. The van der Waals surface area contributed by atoms with Crippen molar-refractivity contribution in [2.75, 3.05) is 0 Å². The molecule has 1 rings (SSSR count). The number of carboxylic acids is 1. The molecule has 0 saturated carbocycles. The first-order chi connectivity index (χ1) is 7.09. The van der Waals surface area contributed by atoms with Crippen LogP contribution in [0.4, 0.5) is 0 Å². The Bertz CT molecular complexity index is 367. The highest BCUT2D eigenvalue weighted by molar-refractivity contribution is 5.93. The lowest BCUT2D eigenvalue weighted by Crippen LogP contribution is -2.24. The van der Waals surface area contributed by atoms with Crippen molar-refractivity contribution in [1.82, 2.24) is 5.32 Å². The number of furan rings is 1. The van der Waals surface area contributed by atoms with Gasteiger partial charge in [0.05, 0.1) is 12.3 Å². The molecule has 0 aliphatic heterocycles. The largest absolute Gasteiger partial charge is 0.478 e. The van der Waals surface area contributed by atoms with Crippen LogP contribution in [-0.4, -0.2) is 17.0 Å². The van der Waals surface area contributed by atoms with E-state index < -0.39 is 11.9 Å². The van der Waals surface area contributed by atoms with Gasteiger partial charge in [-0.2, -0.15) is 0 Å². The number of carbonyl (C=O) groups is 2. The lowest BCUT2D eigenvalue weighted by molar-refractivity contribution is -0.131. The Kier molecular flexibility index (Phi) is 3.68. The van der Waals surface area contributed by atoms with Crippen molar-refractivity contribution in [3.63, 3.8) is 0 Å². The molecular formula is C10H11NO4. The van der Waals surface area contributed by atoms with Crippen molar-refractivity contribution in [3.05, 3.63) is 36.3 Å². The summed E-state index contributed by atoms with van der Waals surface area (Å²) in [6.45, 7) is 1.74. The molecule has 5 nitrogen and oxygen atoms in total. The number of hydrogen-bond acceptors (Lipinski definition) is 3. The van der Waals surface area contributed by atoms with Gasteiger partial charge in [0.2, 0.25) is 5.91 Å². The van der Waals surface area contributed by atoms with Gasteiger partial charge in [-0.15, -0.1) is 0 Å². The molecule has 0 aliphatic carbocycles. The maximum Gasteiger partial charge on any atom is 0.328 e. The number of carboxylic acid groups (broad SMARTS) is 1. The molecular weight excluding hydrogens is 198 g/mol. The van der Waals surface area contributed by atoms with Gasteiger partial charge in [-0.25, -0.2) is 4.79 Å². The molecule has 80 valence electrons. The van der Waals surface area contributed by atoms with Crippen LogP contribution in [0.2, 0.25) is 0 Å². The number of hydrogen-bond donors (Lipinski definition) is 2. The molecule has 1 aromatic rings. The van der Waals surface area contributed by atoms with E-state index in [1.165, 1.54) is 6.26 Å². The van der Waals surface area contributed by atoms with Crippen LogP contribution in [0.15, 0.2) is 35.0 Å². The molecule has 0 unspecified atom stereocenters. The van der Waals surface area contributed by atoms with Crippen LogP contribution in [0.1, 0.15) is 18.7 Å². The summed E-state index contributed by atoms with van der Waals surface area (Å²) in [4.78, 5) is 21.3. The highest BCUT2D eigenvalue weighted by Gasteiger charge is 2.09. The molecule has 1 aromatic heterocycles. The third-order valence-corrected chi connectivity index (χ3v) is 1.71. The zero-order valence-corrected chi connectivity index (χ0v) is 8.14. The van der Waals surface area contributed by atoms with Gasteiger partial charge in [-0.3, -0.25) is 4.79 Å². The highest BCUT2D eigenvalue weighted by Crippen LogP contribution is 2.11. The van der Waals surface area contributed by atoms with E-state index in [2.05, 4.69) is 5.32 Å². The first-order valence-corrected chi connectivity index (χ1v) is 4.34. The summed E-state index contributed by atoms with van der Waals surface area (Å²) in [5.74, 6) is -1.01. The summed E-state index contributed by atoms with van der Waals surface area (Å²) in [5, 5.41) is 10.8. The van der Waals surface area contributed by atoms with Crippen molar-refractivity contribution in [2.45, 2.75) is 13.0 Å². The zero-order valence-electron chi connectivity index (χ0n) is 8.14. The van der Waals surface area contributed by atoms with Crippen LogP contribution in [-0.2, 0) is 9.59 Å². The summed E-state index contributed by atoms with van der Waals surface area (Å²) in [6, 6.07) is 3.16. The van der Waals surface area contributed by atoms with Crippen molar-refractivity contribution in [3.8, 4) is 0 Å². The van der Waals surface area contributed by atoms with Gasteiger partial charge in [-0.05, 0) is 19.1 Å². The lowest BCUT2D eigenvalue weighted by atomic mass is 10.2. The minimum absolute atomic E-state index is 0.286. The Morgan fingerprint density at radius 1 is 1.53 bits per heavy atom. The minimum atomic E-state index is -1.16. The average molecular weight is 209 g/mol. The van der Waals surface area contributed by atoms with Crippen LogP contribution >= 0.6 is 0 Å². The quantitative estimate of drug-likeness (QED) is 0.727. The SMILES string of the molecule is C[C@H](NC(=O)/C=C/C(=O)O)c1ccco1. The number of rotatable bonds is 4. The Hall–Kier alpha value is -2.04. The van der Waals surface area contributed by atoms with Gasteiger partial charge in [0, 0.05) is 12.2 Å². The van der Waals surface area contributed by atoms with Crippen molar-refractivity contribution >= 4 is 11.9 Å². The third-order valence-electron chi connectivity index (χ3n) is 1.71. The van der Waals surface area contributed by atoms with Crippen molar-refractivity contribution < 1.29 is 19.1 Å². The zero-order chi connectivity index (χ0) is 11.3. The molecule has 0 spiro atoms. The predicted octanol–water partition coefficient (Wildman–Crippen LogP) is 1.10. The van der Waals surface area contributed by atoms with E-state index in [-0.39, 0.29) is 6.04 Å². The van der Waals surface area contributed by atoms with E-state index in [4.69, 9.17) is 9.52 Å². The van der Waals surface area contributed by atoms with E-state index in [0.29, 0.717) is 5.76 Å². The molecule has 0 aromatic carbocycles. The molecule has 1 amide bonds. The number of aliphatic carboxylic acids is 1. The Morgan fingerprint density at radius 3 is 2.80 bits per heavy atom. The fourth-order valence-corrected chi connectivity index (χ4v) is 1.02. The average Bonchev–Trinajstić information content (AvgIpc) is 2.67. The molecule has 1 heterocycles. The minimum Gasteiger partial charge on any atom is -0.478 e. The van der Waals surface area contributed by atoms with Crippen LogP contribution in [0.25, 0.3) is 0 Å². The fourth-order valence-electron chi connectivity index (χ4n) is 1.02. The summed E-state index contributed by atoms with van der Waals surface area (Å²) in [5.41, 5.74) is 0. The van der Waals surface area contributed by atoms with Crippen LogP contribution in [0.5, 0.6) is 0 Å².